The smallest absolute Gasteiger partial charge is 0.461 e. The molecule has 2 aliphatic carbocycles. The SMILES string of the molecule is Cc1nc(C(=O)N[C@@](Cc2ccccc2)(c2cc(F)cc(OC(F)(F)C(F)F)c2)c2ccc(F)c(OC3CC3)c2)c(C(F)(F)F)o1.Cc1nc(C(=O)O)c(C(F)(F)F)o1.N[C@@](Cc1ccccc1)(c1cc(F)cc(OC(F)(F)C(F)F)c1)c1ccc(F)c(OC2CC2)c1. The van der Waals surface area contributed by atoms with E-state index in [0.29, 0.717) is 47.7 Å². The lowest BCUT2D eigenvalue weighted by atomic mass is 9.77. The van der Waals surface area contributed by atoms with Crippen LogP contribution < -0.4 is 30.0 Å². The number of nitrogens with two attached hydrogens (primary N) is 1. The van der Waals surface area contributed by atoms with Gasteiger partial charge in [0.05, 0.1) is 23.3 Å². The third-order valence-electron chi connectivity index (χ3n) is 13.6. The van der Waals surface area contributed by atoms with Gasteiger partial charge in [0.25, 0.3) is 5.91 Å². The second kappa shape index (κ2) is 27.4. The lowest BCUT2D eigenvalue weighted by Crippen LogP contribution is -2.49. The molecule has 2 atom stereocenters. The molecule has 1 amide bonds. The van der Waals surface area contributed by atoms with Gasteiger partial charge in [-0.05, 0) is 114 Å². The number of rotatable bonds is 21. The maximum absolute atomic E-state index is 15.1. The van der Waals surface area contributed by atoms with E-state index in [1.165, 1.54) is 24.3 Å². The Kier molecular flexibility index (Phi) is 20.5. The van der Waals surface area contributed by atoms with Crippen LogP contribution in [-0.2, 0) is 36.3 Å². The number of benzene rings is 6. The Balaban J connectivity index is 0.000000206. The van der Waals surface area contributed by atoms with E-state index in [-0.39, 0.29) is 47.1 Å². The van der Waals surface area contributed by atoms with E-state index < -0.39 is 136 Å². The number of aromatic carboxylic acids is 1. The minimum absolute atomic E-state index is 0.0274. The van der Waals surface area contributed by atoms with Gasteiger partial charge in [0.2, 0.25) is 11.5 Å². The van der Waals surface area contributed by atoms with Crippen LogP contribution in [0.3, 0.4) is 0 Å². The van der Waals surface area contributed by atoms with E-state index in [2.05, 4.69) is 33.6 Å². The van der Waals surface area contributed by atoms with Crippen molar-refractivity contribution in [1.29, 1.82) is 0 Å². The monoisotopic (exact) mass is 1330 g/mol. The van der Waals surface area contributed by atoms with Crippen LogP contribution in [-0.4, -0.2) is 64.2 Å². The predicted molar refractivity (Wildman–Crippen MR) is 289 cm³/mol. The minimum Gasteiger partial charge on any atom is -0.487 e. The molecule has 4 N–H and O–H groups in total. The van der Waals surface area contributed by atoms with Crippen LogP contribution in [0.25, 0.3) is 0 Å². The largest absolute Gasteiger partial charge is 0.487 e. The second-order valence-corrected chi connectivity index (χ2v) is 21.0. The van der Waals surface area contributed by atoms with Crippen molar-refractivity contribution in [2.45, 2.75) is 113 Å². The fourth-order valence-electron chi connectivity index (χ4n) is 9.15. The first-order valence-corrected chi connectivity index (χ1v) is 27.2. The van der Waals surface area contributed by atoms with Crippen molar-refractivity contribution in [1.82, 2.24) is 15.3 Å². The number of hydrogen-bond donors (Lipinski definition) is 3. The molecule has 2 aliphatic rings. The summed E-state index contributed by atoms with van der Waals surface area (Å²) in [6.45, 7) is 2.20. The van der Waals surface area contributed by atoms with Gasteiger partial charge in [-0.1, -0.05) is 72.8 Å². The number of nitrogens with zero attached hydrogens (tertiary/aromatic N) is 2. The van der Waals surface area contributed by atoms with Crippen molar-refractivity contribution < 1.29 is 122 Å². The molecule has 0 unspecified atom stereocenters. The molecule has 0 radical (unpaired) electrons. The molecule has 496 valence electrons. The lowest BCUT2D eigenvalue weighted by Gasteiger charge is -2.37. The van der Waals surface area contributed by atoms with E-state index in [1.807, 2.05) is 0 Å². The molecular formula is C62H48F18N4O9. The van der Waals surface area contributed by atoms with E-state index in [4.69, 9.17) is 20.3 Å². The fraction of sp³-hybridized carbons (Fsp3) is 0.290. The third-order valence-corrected chi connectivity index (χ3v) is 13.6. The molecule has 0 spiro atoms. The Morgan fingerprint density at radius 2 is 0.957 bits per heavy atom. The van der Waals surface area contributed by atoms with Crippen LogP contribution in [0, 0.1) is 37.1 Å². The zero-order valence-corrected chi connectivity index (χ0v) is 47.7. The molecule has 2 heterocycles. The van der Waals surface area contributed by atoms with Crippen molar-refractivity contribution in [2.75, 3.05) is 0 Å². The Labute approximate surface area is 514 Å². The van der Waals surface area contributed by atoms with Crippen LogP contribution in [0.15, 0.2) is 142 Å². The first kappa shape index (κ1) is 69.5. The van der Waals surface area contributed by atoms with Crippen molar-refractivity contribution in [2.24, 2.45) is 5.73 Å². The van der Waals surface area contributed by atoms with Gasteiger partial charge in [0.15, 0.2) is 46.3 Å². The van der Waals surface area contributed by atoms with Crippen molar-refractivity contribution in [3.05, 3.63) is 225 Å². The lowest BCUT2D eigenvalue weighted by molar-refractivity contribution is -0.253. The maximum Gasteiger partial charge on any atom is 0.461 e. The Hall–Kier alpha value is -9.42. The Morgan fingerprint density at radius 1 is 0.548 bits per heavy atom. The number of aryl methyl sites for hydroxylation is 2. The van der Waals surface area contributed by atoms with Crippen LogP contribution in [0.4, 0.5) is 79.0 Å². The van der Waals surface area contributed by atoms with Gasteiger partial charge >= 0.3 is 43.4 Å². The van der Waals surface area contributed by atoms with Gasteiger partial charge in [-0.3, -0.25) is 4.79 Å². The number of carboxylic acids is 1. The predicted octanol–water partition coefficient (Wildman–Crippen LogP) is 15.9. The van der Waals surface area contributed by atoms with Crippen LogP contribution in [0.5, 0.6) is 23.0 Å². The molecule has 0 aliphatic heterocycles. The van der Waals surface area contributed by atoms with Crippen molar-refractivity contribution in [3.8, 4) is 23.0 Å². The summed E-state index contributed by atoms with van der Waals surface area (Å²) in [5, 5.41) is 10.7. The molecule has 13 nitrogen and oxygen atoms in total. The summed E-state index contributed by atoms with van der Waals surface area (Å²) in [7, 11) is 0. The molecule has 93 heavy (non-hydrogen) atoms. The summed E-state index contributed by atoms with van der Waals surface area (Å²) in [4.78, 5) is 30.6. The highest BCUT2D eigenvalue weighted by molar-refractivity contribution is 5.94. The van der Waals surface area contributed by atoms with Gasteiger partial charge in [0, 0.05) is 32.4 Å². The fourth-order valence-corrected chi connectivity index (χ4v) is 9.15. The Bertz CT molecular complexity index is 3940. The number of nitrogens with one attached hydrogen (secondary N) is 1. The standard InChI is InChI=1S/C31H23F9N2O4.C25H21F6NO2.C6H4F3NO3/c1-16-41-25(26(44-16)30(36,37)38)27(43)42-29(15-17-5-3-2-4-6-17,18-7-10-23(33)24(13-18)45-21-8-9-21)19-11-20(32)14-22(12-19)46-31(39,40)28(34)35;26-18-10-17(11-20(13-18)34-25(30,31)23(28)29)24(32,14-15-4-2-1-3-5-15)16-6-9-21(27)22(12-16)33-19-7-8-19;1-2-10-3(5(11)12)4(13-2)6(7,8)9/h2-7,10-14,21,28H,8-9,15H2,1H3,(H,42,43);1-6,9-13,19,23H,7-8,14,32H2;1H3,(H,11,12)/t29-;24-;/m11./s1. The number of alkyl halides is 14. The number of hydrogen-bond acceptors (Lipinski definition) is 11. The van der Waals surface area contributed by atoms with E-state index in [1.54, 1.807) is 48.5 Å². The molecule has 2 aromatic heterocycles. The highest BCUT2D eigenvalue weighted by atomic mass is 19.4. The van der Waals surface area contributed by atoms with E-state index in [9.17, 15) is 84.2 Å². The number of amides is 1. The number of carboxylic acid groups (broad SMARTS) is 1. The van der Waals surface area contributed by atoms with E-state index >= 15 is 4.39 Å². The first-order valence-electron chi connectivity index (χ1n) is 27.2. The minimum atomic E-state index is -5.18. The Morgan fingerprint density at radius 3 is 1.39 bits per heavy atom. The number of ether oxygens (including phenoxy) is 4. The first-order chi connectivity index (χ1) is 43.5. The van der Waals surface area contributed by atoms with Crippen molar-refractivity contribution >= 4 is 11.9 Å². The average Bonchev–Trinajstić information content (AvgIpc) is 1.21. The zero-order chi connectivity index (χ0) is 68.2. The highest BCUT2D eigenvalue weighted by Gasteiger charge is 2.48. The van der Waals surface area contributed by atoms with Crippen LogP contribution in [0.1, 0.15) is 103 Å². The van der Waals surface area contributed by atoms with Crippen LogP contribution >= 0.6 is 0 Å². The molecule has 0 bridgehead atoms. The van der Waals surface area contributed by atoms with E-state index in [0.717, 1.165) is 69.2 Å². The van der Waals surface area contributed by atoms with Gasteiger partial charge in [-0.15, -0.1) is 0 Å². The highest BCUT2D eigenvalue weighted by Crippen LogP contribution is 2.43. The third kappa shape index (κ3) is 17.4. The molecule has 6 aromatic carbocycles. The number of aromatic nitrogens is 2. The van der Waals surface area contributed by atoms with Gasteiger partial charge < -0.3 is 43.9 Å². The molecule has 10 rings (SSSR count). The summed E-state index contributed by atoms with van der Waals surface area (Å²) in [6.07, 6.45) is -26.4. The number of oxazole rings is 2. The summed E-state index contributed by atoms with van der Waals surface area (Å²) in [5.74, 6) is -13.5. The summed E-state index contributed by atoms with van der Waals surface area (Å²) < 4.78 is 271. The zero-order valence-electron chi connectivity index (χ0n) is 47.7. The normalized spacial score (nSPS) is 14.8. The molecule has 8 aromatic rings. The second-order valence-electron chi connectivity index (χ2n) is 21.0. The van der Waals surface area contributed by atoms with Crippen LogP contribution in [0.2, 0.25) is 0 Å². The molecular weight excluding hydrogens is 1290 g/mol. The number of carbonyl (C=O) groups excluding carboxylic acids is 1. The average molecular weight is 1340 g/mol. The van der Waals surface area contributed by atoms with Gasteiger partial charge in [-0.2, -0.15) is 61.5 Å². The molecule has 31 heteroatoms. The summed E-state index contributed by atoms with van der Waals surface area (Å²) >= 11 is 0. The number of carbonyl (C=O) groups is 2. The summed E-state index contributed by atoms with van der Waals surface area (Å²) in [6, 6.07) is 28.1. The molecule has 2 fully saturated rings. The van der Waals surface area contributed by atoms with Gasteiger partial charge in [-0.25, -0.2) is 32.3 Å². The summed E-state index contributed by atoms with van der Waals surface area (Å²) in [5.41, 5.74) is 1.47. The van der Waals surface area contributed by atoms with Gasteiger partial charge in [0.1, 0.15) is 23.1 Å². The number of halogens is 18. The topological polar surface area (TPSA) is 181 Å². The van der Waals surface area contributed by atoms with Crippen molar-refractivity contribution in [3.63, 3.8) is 0 Å². The maximum atomic E-state index is 15.1. The molecule has 0 saturated heterocycles. The quantitative estimate of drug-likeness (QED) is 0.0580. The molecule has 2 saturated carbocycles.